The third-order valence-electron chi connectivity index (χ3n) is 2.72. The van der Waals surface area contributed by atoms with Gasteiger partial charge in [0.25, 0.3) is 0 Å². The second kappa shape index (κ2) is 3.16. The number of aromatic amines is 1. The molecule has 80 valence electrons. The number of nitrogens with zero attached hydrogens (tertiary/aromatic N) is 4. The summed E-state index contributed by atoms with van der Waals surface area (Å²) in [7, 11) is 1.95. The van der Waals surface area contributed by atoms with E-state index < -0.39 is 0 Å². The van der Waals surface area contributed by atoms with Crippen molar-refractivity contribution in [3.63, 3.8) is 0 Å². The molecule has 0 spiro atoms. The molecule has 2 heterocycles. The van der Waals surface area contributed by atoms with Gasteiger partial charge in [-0.15, -0.1) is 0 Å². The summed E-state index contributed by atoms with van der Waals surface area (Å²) in [5.74, 6) is 0.783. The number of benzene rings is 1. The zero-order valence-corrected chi connectivity index (χ0v) is 9.10. The topological polar surface area (TPSA) is 59.4 Å². The van der Waals surface area contributed by atoms with Crippen molar-refractivity contribution in [2.75, 3.05) is 0 Å². The molecule has 3 aromatic rings. The minimum atomic E-state index is 0.783. The van der Waals surface area contributed by atoms with Gasteiger partial charge in [0.2, 0.25) is 0 Å². The number of H-pyrrole nitrogens is 1. The molecule has 0 radical (unpaired) electrons. The summed E-state index contributed by atoms with van der Waals surface area (Å²) in [5, 5.41) is 12.2. The Bertz CT molecular complexity index is 636. The minimum absolute atomic E-state index is 0.783. The smallest absolute Gasteiger partial charge is 0.155 e. The Morgan fingerprint density at radius 3 is 2.94 bits per heavy atom. The van der Waals surface area contributed by atoms with E-state index in [1.807, 2.05) is 30.8 Å². The predicted molar refractivity (Wildman–Crippen MR) is 60.8 cm³/mol. The van der Waals surface area contributed by atoms with Gasteiger partial charge in [-0.05, 0) is 25.1 Å². The first-order valence-corrected chi connectivity index (χ1v) is 5.05. The zero-order chi connectivity index (χ0) is 11.1. The molecule has 16 heavy (non-hydrogen) atoms. The Kier molecular flexibility index (Phi) is 1.80. The number of aryl methyl sites for hydroxylation is 2. The van der Waals surface area contributed by atoms with Crippen LogP contribution in [0.4, 0.5) is 0 Å². The molecule has 0 unspecified atom stereocenters. The van der Waals surface area contributed by atoms with Gasteiger partial charge in [-0.3, -0.25) is 9.78 Å². The average Bonchev–Trinajstić information content (AvgIpc) is 2.88. The largest absolute Gasteiger partial charge is 0.268 e. The van der Waals surface area contributed by atoms with Crippen molar-refractivity contribution >= 4 is 10.9 Å². The lowest BCUT2D eigenvalue weighted by atomic mass is 10.1. The van der Waals surface area contributed by atoms with Gasteiger partial charge in [0.1, 0.15) is 6.33 Å². The first-order chi connectivity index (χ1) is 7.75. The number of hydrogen-bond donors (Lipinski definition) is 1. The molecule has 0 saturated heterocycles. The SMILES string of the molecule is Cc1nn(C)c2ccc(-c3ncn[nH]3)cc12. The van der Waals surface area contributed by atoms with Crippen molar-refractivity contribution in [1.29, 1.82) is 0 Å². The summed E-state index contributed by atoms with van der Waals surface area (Å²) in [6.07, 6.45) is 1.51. The molecule has 0 bridgehead atoms. The van der Waals surface area contributed by atoms with Crippen LogP contribution in [-0.2, 0) is 7.05 Å². The molecule has 0 aliphatic heterocycles. The number of fused-ring (bicyclic) bond motifs is 1. The van der Waals surface area contributed by atoms with Gasteiger partial charge in [-0.25, -0.2) is 4.98 Å². The fourth-order valence-corrected chi connectivity index (χ4v) is 1.93. The van der Waals surface area contributed by atoms with Crippen molar-refractivity contribution < 1.29 is 0 Å². The molecule has 0 aliphatic rings. The fourth-order valence-electron chi connectivity index (χ4n) is 1.93. The Labute approximate surface area is 92.1 Å². The summed E-state index contributed by atoms with van der Waals surface area (Å²) >= 11 is 0. The van der Waals surface area contributed by atoms with Crippen LogP contribution in [0.15, 0.2) is 24.5 Å². The molecule has 2 aromatic heterocycles. The molecular formula is C11H11N5. The summed E-state index contributed by atoms with van der Waals surface area (Å²) in [6.45, 7) is 2.01. The fraction of sp³-hybridized carbons (Fsp3) is 0.182. The molecule has 0 atom stereocenters. The van der Waals surface area contributed by atoms with Crippen molar-refractivity contribution in [2.45, 2.75) is 6.92 Å². The van der Waals surface area contributed by atoms with Crippen LogP contribution in [0.2, 0.25) is 0 Å². The Morgan fingerprint density at radius 1 is 1.31 bits per heavy atom. The molecule has 0 amide bonds. The van der Waals surface area contributed by atoms with Crippen LogP contribution >= 0.6 is 0 Å². The first-order valence-electron chi connectivity index (χ1n) is 5.05. The molecule has 0 aliphatic carbocycles. The van der Waals surface area contributed by atoms with Crippen molar-refractivity contribution in [2.24, 2.45) is 7.05 Å². The first kappa shape index (κ1) is 9.08. The van der Waals surface area contributed by atoms with Crippen LogP contribution in [0.3, 0.4) is 0 Å². The highest BCUT2D eigenvalue weighted by Gasteiger charge is 2.07. The molecule has 0 saturated carbocycles. The summed E-state index contributed by atoms with van der Waals surface area (Å²) in [5.41, 5.74) is 3.18. The molecule has 5 nitrogen and oxygen atoms in total. The highest BCUT2D eigenvalue weighted by molar-refractivity contribution is 5.85. The quantitative estimate of drug-likeness (QED) is 0.668. The van der Waals surface area contributed by atoms with Crippen LogP contribution in [0, 0.1) is 6.92 Å². The molecule has 0 fully saturated rings. The van der Waals surface area contributed by atoms with Gasteiger partial charge in [-0.2, -0.15) is 10.2 Å². The lowest BCUT2D eigenvalue weighted by Gasteiger charge is -1.97. The molecule has 1 N–H and O–H groups in total. The van der Waals surface area contributed by atoms with E-state index >= 15 is 0 Å². The molecule has 5 heteroatoms. The standard InChI is InChI=1S/C11H11N5/c1-7-9-5-8(11-12-6-13-14-11)3-4-10(9)16(2)15-7/h3-6H,1-2H3,(H,12,13,14). The third-order valence-corrected chi connectivity index (χ3v) is 2.72. The van der Waals surface area contributed by atoms with Gasteiger partial charge in [0, 0.05) is 18.0 Å². The Morgan fingerprint density at radius 2 is 2.19 bits per heavy atom. The van der Waals surface area contributed by atoms with Crippen LogP contribution in [0.5, 0.6) is 0 Å². The van der Waals surface area contributed by atoms with E-state index in [1.54, 1.807) is 0 Å². The van der Waals surface area contributed by atoms with Gasteiger partial charge in [-0.1, -0.05) is 0 Å². The van der Waals surface area contributed by atoms with Gasteiger partial charge >= 0.3 is 0 Å². The number of hydrogen-bond acceptors (Lipinski definition) is 3. The molecular weight excluding hydrogens is 202 g/mol. The average molecular weight is 213 g/mol. The minimum Gasteiger partial charge on any atom is -0.268 e. The molecule has 3 rings (SSSR count). The van der Waals surface area contributed by atoms with E-state index in [4.69, 9.17) is 0 Å². The lowest BCUT2D eigenvalue weighted by Crippen LogP contribution is -1.89. The molecule has 1 aromatic carbocycles. The van der Waals surface area contributed by atoms with Gasteiger partial charge in [0.15, 0.2) is 5.82 Å². The highest BCUT2D eigenvalue weighted by Crippen LogP contribution is 2.23. The normalized spacial score (nSPS) is 11.1. The third kappa shape index (κ3) is 1.21. The monoisotopic (exact) mass is 213 g/mol. The number of aromatic nitrogens is 5. The van der Waals surface area contributed by atoms with Crippen molar-refractivity contribution in [1.82, 2.24) is 25.0 Å². The second-order valence-electron chi connectivity index (χ2n) is 3.78. The predicted octanol–water partition coefficient (Wildman–Crippen LogP) is 1.67. The van der Waals surface area contributed by atoms with Crippen LogP contribution in [0.25, 0.3) is 22.3 Å². The number of rotatable bonds is 1. The maximum atomic E-state index is 4.38. The van der Waals surface area contributed by atoms with Crippen LogP contribution in [-0.4, -0.2) is 25.0 Å². The van der Waals surface area contributed by atoms with E-state index in [-0.39, 0.29) is 0 Å². The van der Waals surface area contributed by atoms with E-state index in [0.717, 1.165) is 28.0 Å². The summed E-state index contributed by atoms with van der Waals surface area (Å²) < 4.78 is 1.88. The van der Waals surface area contributed by atoms with Crippen molar-refractivity contribution in [3.8, 4) is 11.4 Å². The number of nitrogens with one attached hydrogen (secondary N) is 1. The highest BCUT2D eigenvalue weighted by atomic mass is 15.3. The summed E-state index contributed by atoms with van der Waals surface area (Å²) in [6, 6.07) is 6.15. The van der Waals surface area contributed by atoms with Crippen molar-refractivity contribution in [3.05, 3.63) is 30.2 Å². The summed E-state index contributed by atoms with van der Waals surface area (Å²) in [4.78, 5) is 4.14. The van der Waals surface area contributed by atoms with E-state index in [0.29, 0.717) is 0 Å². The second-order valence-corrected chi connectivity index (χ2v) is 3.78. The zero-order valence-electron chi connectivity index (χ0n) is 9.10. The lowest BCUT2D eigenvalue weighted by molar-refractivity contribution is 0.783. The van der Waals surface area contributed by atoms with Gasteiger partial charge < -0.3 is 0 Å². The van der Waals surface area contributed by atoms with E-state index in [9.17, 15) is 0 Å². The van der Waals surface area contributed by atoms with E-state index in [1.165, 1.54) is 6.33 Å². The maximum absolute atomic E-state index is 4.38. The van der Waals surface area contributed by atoms with Crippen LogP contribution in [0.1, 0.15) is 5.69 Å². The van der Waals surface area contributed by atoms with Crippen LogP contribution < -0.4 is 0 Å². The van der Waals surface area contributed by atoms with Gasteiger partial charge in [0.05, 0.1) is 11.2 Å². The maximum Gasteiger partial charge on any atom is 0.155 e. The Balaban J connectivity index is 2.27. The Hall–Kier alpha value is -2.17. The van der Waals surface area contributed by atoms with E-state index in [2.05, 4.69) is 26.3 Å².